The van der Waals surface area contributed by atoms with E-state index in [-0.39, 0.29) is 0 Å². The van der Waals surface area contributed by atoms with Crippen LogP contribution < -0.4 is 0 Å². The number of para-hydroxylation sites is 2. The van der Waals surface area contributed by atoms with Gasteiger partial charge in [-0.15, -0.1) is 0 Å². The van der Waals surface area contributed by atoms with Gasteiger partial charge in [-0.25, -0.2) is 4.98 Å². The van der Waals surface area contributed by atoms with E-state index < -0.39 is 0 Å². The summed E-state index contributed by atoms with van der Waals surface area (Å²) in [5, 5.41) is 0.976. The van der Waals surface area contributed by atoms with Crippen LogP contribution in [0.2, 0.25) is 0 Å². The predicted molar refractivity (Wildman–Crippen MR) is 90.3 cm³/mol. The van der Waals surface area contributed by atoms with Gasteiger partial charge in [0.2, 0.25) is 0 Å². The first-order valence-electron chi connectivity index (χ1n) is 7.12. The fourth-order valence-electron chi connectivity index (χ4n) is 2.66. The number of hydrogen-bond donors (Lipinski definition) is 2. The number of pyridine rings is 1. The molecule has 5 heteroatoms. The van der Waals surface area contributed by atoms with E-state index in [1.165, 1.54) is 46.5 Å². The summed E-state index contributed by atoms with van der Waals surface area (Å²) in [5.74, 6) is 2.17. The average molecular weight is 314 g/mol. The van der Waals surface area contributed by atoms with Gasteiger partial charge in [0.05, 0.1) is 16.7 Å². The molecule has 1 aliphatic rings. The maximum Gasteiger partial charge on any atom is 0.166 e. The number of imidazole rings is 1. The van der Waals surface area contributed by atoms with E-state index in [1.54, 1.807) is 11.8 Å². The molecule has 21 heavy (non-hydrogen) atoms. The highest BCUT2D eigenvalue weighted by molar-refractivity contribution is 7.99. The molecule has 0 spiro atoms. The Balaban J connectivity index is 1.56. The first kappa shape index (κ1) is 13.2. The van der Waals surface area contributed by atoms with Crippen LogP contribution >= 0.6 is 23.5 Å². The lowest BCUT2D eigenvalue weighted by Crippen LogP contribution is -2.04. The maximum atomic E-state index is 4.62. The van der Waals surface area contributed by atoms with Crippen molar-refractivity contribution >= 4 is 34.6 Å². The molecule has 0 amide bonds. The minimum atomic E-state index is 0.887. The molecule has 0 saturated heterocycles. The second-order valence-corrected chi connectivity index (χ2v) is 7.30. The summed E-state index contributed by atoms with van der Waals surface area (Å²) < 4.78 is 0. The van der Waals surface area contributed by atoms with Gasteiger partial charge in [0.1, 0.15) is 0 Å². The molecule has 1 N–H and O–H groups in total. The zero-order valence-electron chi connectivity index (χ0n) is 11.5. The number of aromatic amines is 1. The second kappa shape index (κ2) is 5.73. The van der Waals surface area contributed by atoms with Crippen LogP contribution in [0.25, 0.3) is 11.0 Å². The molecule has 1 aliphatic heterocycles. The molecular weight excluding hydrogens is 298 g/mol. The first-order chi connectivity index (χ1) is 10.4. The zero-order valence-corrected chi connectivity index (χ0v) is 13.3. The van der Waals surface area contributed by atoms with Gasteiger partial charge in [0.25, 0.3) is 0 Å². The molecule has 107 valence electrons. The van der Waals surface area contributed by atoms with Crippen LogP contribution in [0.4, 0.5) is 0 Å². The van der Waals surface area contributed by atoms with Crippen molar-refractivity contribution in [3.63, 3.8) is 0 Å². The highest BCUT2D eigenvalue weighted by atomic mass is 32.2. The predicted octanol–water partition coefficient (Wildman–Crippen LogP) is 4.02. The second-order valence-electron chi connectivity index (χ2n) is 5.09. The van der Waals surface area contributed by atoms with Crippen molar-refractivity contribution in [1.82, 2.24) is 15.0 Å². The van der Waals surface area contributed by atoms with Crippen molar-refractivity contribution in [3.8, 4) is 0 Å². The standard InChI is InChI=1S/C16H16N3S2/c1-2-6-13-12(5-1)18-16(19-13)21-10-14-11-4-3-9-20-15(11)7-8-17-14/h1-2,5-8,20H,3-4,9-10H2,(H,18,19). The molecule has 3 heterocycles. The Kier molecular flexibility index (Phi) is 3.61. The van der Waals surface area contributed by atoms with E-state index in [1.807, 2.05) is 24.4 Å². The van der Waals surface area contributed by atoms with Gasteiger partial charge in [-0.3, -0.25) is 4.98 Å². The first-order valence-corrected chi connectivity index (χ1v) is 9.18. The SMILES string of the molecule is c1ccc2[nH]c(SCc3nccc4c3CCC[SH]4)nc2c1. The quantitative estimate of drug-likeness (QED) is 0.567. The largest absolute Gasteiger partial charge is 0.333 e. The van der Waals surface area contributed by atoms with Crippen LogP contribution in [-0.2, 0) is 12.2 Å². The van der Waals surface area contributed by atoms with E-state index >= 15 is 0 Å². The van der Waals surface area contributed by atoms with Gasteiger partial charge < -0.3 is 4.98 Å². The third-order valence-corrected chi connectivity index (χ3v) is 5.88. The number of nitrogens with one attached hydrogen (secondary N) is 1. The molecule has 0 atom stereocenters. The summed E-state index contributed by atoms with van der Waals surface area (Å²) in [7, 11) is 0. The molecule has 3 nitrogen and oxygen atoms in total. The van der Waals surface area contributed by atoms with Gasteiger partial charge in [-0.1, -0.05) is 23.9 Å². The maximum absolute atomic E-state index is 4.62. The van der Waals surface area contributed by atoms with Crippen molar-refractivity contribution in [2.45, 2.75) is 28.6 Å². The average Bonchev–Trinajstić information content (AvgIpc) is 2.96. The van der Waals surface area contributed by atoms with E-state index in [0.29, 0.717) is 0 Å². The van der Waals surface area contributed by atoms with E-state index in [2.05, 4.69) is 27.1 Å². The van der Waals surface area contributed by atoms with Crippen molar-refractivity contribution in [3.05, 3.63) is 47.8 Å². The summed E-state index contributed by atoms with van der Waals surface area (Å²) in [6.07, 6.45) is 4.40. The number of rotatable bonds is 3. The summed E-state index contributed by atoms with van der Waals surface area (Å²) in [6.45, 7) is 0. The third kappa shape index (κ3) is 2.68. The fraction of sp³-hybridized carbons (Fsp3) is 0.250. The van der Waals surface area contributed by atoms with Gasteiger partial charge in [0.15, 0.2) is 5.16 Å². The Hall–Kier alpha value is -1.46. The molecule has 0 aliphatic carbocycles. The van der Waals surface area contributed by atoms with Crippen LogP contribution in [-0.4, -0.2) is 20.7 Å². The molecule has 1 aromatic carbocycles. The summed E-state index contributed by atoms with van der Waals surface area (Å²) in [5.41, 5.74) is 4.82. The molecule has 2 aromatic heterocycles. The summed E-state index contributed by atoms with van der Waals surface area (Å²) >= 11 is 3.20. The van der Waals surface area contributed by atoms with Crippen LogP contribution in [0.5, 0.6) is 0 Å². The normalized spacial score (nSPS) is 14.3. The number of aromatic nitrogens is 3. The van der Waals surface area contributed by atoms with Crippen molar-refractivity contribution in [2.75, 3.05) is 5.75 Å². The highest BCUT2D eigenvalue weighted by Gasteiger charge is 2.14. The minimum absolute atomic E-state index is 0.887. The Morgan fingerprint density at radius 1 is 1.24 bits per heavy atom. The molecule has 0 unspecified atom stereocenters. The van der Waals surface area contributed by atoms with E-state index in [4.69, 9.17) is 0 Å². The van der Waals surface area contributed by atoms with E-state index in [9.17, 15) is 0 Å². The number of fused-ring (bicyclic) bond motifs is 2. The van der Waals surface area contributed by atoms with Crippen molar-refractivity contribution in [1.29, 1.82) is 0 Å². The lowest BCUT2D eigenvalue weighted by atomic mass is 10.1. The van der Waals surface area contributed by atoms with Crippen LogP contribution in [0.3, 0.4) is 0 Å². The topological polar surface area (TPSA) is 41.6 Å². The van der Waals surface area contributed by atoms with Gasteiger partial charge in [-0.2, -0.15) is 11.8 Å². The number of H-pyrrole nitrogens is 1. The number of benzene rings is 1. The third-order valence-electron chi connectivity index (χ3n) is 3.70. The van der Waals surface area contributed by atoms with Gasteiger partial charge >= 0.3 is 0 Å². The molecule has 1 radical (unpaired) electrons. The zero-order chi connectivity index (χ0) is 14.1. The van der Waals surface area contributed by atoms with Gasteiger partial charge in [-0.05, 0) is 42.4 Å². The molecule has 3 aromatic rings. The Labute approximate surface area is 132 Å². The minimum Gasteiger partial charge on any atom is -0.333 e. The molecule has 0 fully saturated rings. The monoisotopic (exact) mass is 314 g/mol. The van der Waals surface area contributed by atoms with Gasteiger partial charge in [0, 0.05) is 16.8 Å². The number of thioether (sulfide) groups is 1. The van der Waals surface area contributed by atoms with Crippen molar-refractivity contribution in [2.24, 2.45) is 0 Å². The molecule has 4 rings (SSSR count). The fourth-order valence-corrected chi connectivity index (χ4v) is 4.69. The van der Waals surface area contributed by atoms with Crippen molar-refractivity contribution < 1.29 is 0 Å². The summed E-state index contributed by atoms with van der Waals surface area (Å²) in [6, 6.07) is 10.3. The number of hydrogen-bond acceptors (Lipinski definition) is 3. The molecular formula is C16H16N3S2. The van der Waals surface area contributed by atoms with Crippen LogP contribution in [0.15, 0.2) is 46.6 Å². The van der Waals surface area contributed by atoms with E-state index in [0.717, 1.165) is 21.9 Å². The highest BCUT2D eigenvalue weighted by Crippen LogP contribution is 2.33. The lowest BCUT2D eigenvalue weighted by molar-refractivity contribution is 0.858. The number of nitrogens with zero attached hydrogens (tertiary/aromatic N) is 2. The van der Waals surface area contributed by atoms with Crippen LogP contribution in [0, 0.1) is 0 Å². The Bertz CT molecular complexity index is 749. The Morgan fingerprint density at radius 2 is 2.19 bits per heavy atom. The lowest BCUT2D eigenvalue weighted by Gasteiger charge is -2.18. The number of thiol groups is 1. The Morgan fingerprint density at radius 3 is 3.14 bits per heavy atom. The molecule has 0 bridgehead atoms. The van der Waals surface area contributed by atoms with Crippen LogP contribution in [0.1, 0.15) is 17.7 Å². The molecule has 0 saturated carbocycles. The summed E-state index contributed by atoms with van der Waals surface area (Å²) in [4.78, 5) is 14.0. The smallest absolute Gasteiger partial charge is 0.166 e.